The Morgan fingerprint density at radius 2 is 1.42 bits per heavy atom. The molecule has 0 aromatic heterocycles. The van der Waals surface area contributed by atoms with Crippen LogP contribution in [-0.4, -0.2) is 50.6 Å². The highest BCUT2D eigenvalue weighted by Crippen LogP contribution is 2.35. The molecule has 2 atom stereocenters. The van der Waals surface area contributed by atoms with E-state index in [9.17, 15) is 19.5 Å². The summed E-state index contributed by atoms with van der Waals surface area (Å²) >= 11 is 0. The van der Waals surface area contributed by atoms with Crippen LogP contribution in [0.2, 0.25) is 0 Å². The Bertz CT molecular complexity index is 1110. The average molecular weight is 526 g/mol. The molecule has 3 amide bonds. The second kappa shape index (κ2) is 11.9. The second-order valence-electron chi connectivity index (χ2n) is 12.5. The summed E-state index contributed by atoms with van der Waals surface area (Å²) < 4.78 is 5.46. The van der Waals surface area contributed by atoms with Crippen molar-refractivity contribution in [1.82, 2.24) is 15.5 Å². The zero-order valence-corrected chi connectivity index (χ0v) is 24.1. The molecule has 0 heterocycles. The first-order valence-corrected chi connectivity index (χ1v) is 12.9. The van der Waals surface area contributed by atoms with Gasteiger partial charge < -0.3 is 25.4 Å². The third-order valence-electron chi connectivity index (χ3n) is 5.47. The van der Waals surface area contributed by atoms with Gasteiger partial charge in [0.05, 0.1) is 0 Å². The zero-order chi connectivity index (χ0) is 28.9. The van der Waals surface area contributed by atoms with Crippen LogP contribution in [0.4, 0.5) is 4.79 Å². The Morgan fingerprint density at radius 1 is 0.868 bits per heavy atom. The molecule has 8 nitrogen and oxygen atoms in total. The van der Waals surface area contributed by atoms with Gasteiger partial charge in [0.1, 0.15) is 23.4 Å². The van der Waals surface area contributed by atoms with E-state index in [4.69, 9.17) is 4.74 Å². The first-order chi connectivity index (χ1) is 17.4. The lowest BCUT2D eigenvalue weighted by atomic mass is 9.93. The van der Waals surface area contributed by atoms with Crippen molar-refractivity contribution >= 4 is 17.9 Å². The Kier molecular flexibility index (Phi) is 9.59. The lowest BCUT2D eigenvalue weighted by Gasteiger charge is -2.43. The van der Waals surface area contributed by atoms with Gasteiger partial charge in [0.15, 0.2) is 0 Å². The van der Waals surface area contributed by atoms with Gasteiger partial charge in [-0.15, -0.1) is 0 Å². The highest BCUT2D eigenvalue weighted by atomic mass is 16.6. The van der Waals surface area contributed by atoms with Crippen LogP contribution in [0.3, 0.4) is 0 Å². The zero-order valence-electron chi connectivity index (χ0n) is 24.1. The van der Waals surface area contributed by atoms with Gasteiger partial charge in [-0.25, -0.2) is 4.79 Å². The Hall–Kier alpha value is -3.55. The number of benzene rings is 2. The molecule has 0 saturated heterocycles. The Morgan fingerprint density at radius 3 is 1.92 bits per heavy atom. The van der Waals surface area contributed by atoms with E-state index in [1.165, 1.54) is 11.0 Å². The fourth-order valence-electron chi connectivity index (χ4n) is 4.07. The van der Waals surface area contributed by atoms with Gasteiger partial charge in [-0.1, -0.05) is 48.5 Å². The maximum absolute atomic E-state index is 14.4. The summed E-state index contributed by atoms with van der Waals surface area (Å²) in [6.07, 6.45) is -0.557. The summed E-state index contributed by atoms with van der Waals surface area (Å²) in [7, 11) is 0. The third kappa shape index (κ3) is 9.08. The number of alkyl carbamates (subject to hydrolysis) is 1. The summed E-state index contributed by atoms with van der Waals surface area (Å²) in [5.74, 6) is -1.04. The quantitative estimate of drug-likeness (QED) is 0.466. The molecule has 0 radical (unpaired) electrons. The maximum atomic E-state index is 14.4. The molecule has 0 spiro atoms. The molecule has 0 aliphatic carbocycles. The van der Waals surface area contributed by atoms with E-state index >= 15 is 0 Å². The van der Waals surface area contributed by atoms with Gasteiger partial charge in [0.2, 0.25) is 11.8 Å². The number of hydrogen-bond donors (Lipinski definition) is 3. The predicted molar refractivity (Wildman–Crippen MR) is 149 cm³/mol. The van der Waals surface area contributed by atoms with E-state index in [0.29, 0.717) is 0 Å². The summed E-state index contributed by atoms with van der Waals surface area (Å²) in [5, 5.41) is 16.5. The van der Waals surface area contributed by atoms with Crippen LogP contribution in [0.1, 0.15) is 79.5 Å². The number of phenols is 1. The number of carbonyl (C=O) groups is 3. The van der Waals surface area contributed by atoms with Crippen molar-refractivity contribution in [2.45, 2.75) is 97.5 Å². The normalized spacial score (nSPS) is 13.7. The SMILES string of the molecule is CC(C)(C)NC(=O)C(c1ccccc1O)N(C(=O)C(Cc1ccccc1)NC(=O)OC(C)(C)C)C(C)(C)C. The van der Waals surface area contributed by atoms with Gasteiger partial charge in [-0.2, -0.15) is 0 Å². The minimum absolute atomic E-state index is 0.108. The number of nitrogens with zero attached hydrogens (tertiary/aromatic N) is 1. The minimum Gasteiger partial charge on any atom is -0.508 e. The molecule has 2 rings (SSSR count). The van der Waals surface area contributed by atoms with Crippen LogP contribution in [-0.2, 0) is 20.7 Å². The van der Waals surface area contributed by atoms with E-state index in [-0.39, 0.29) is 17.7 Å². The monoisotopic (exact) mass is 525 g/mol. The highest BCUT2D eigenvalue weighted by molar-refractivity contribution is 5.93. The van der Waals surface area contributed by atoms with Crippen LogP contribution < -0.4 is 10.6 Å². The van der Waals surface area contributed by atoms with E-state index in [1.54, 1.807) is 39.0 Å². The predicted octanol–water partition coefficient (Wildman–Crippen LogP) is 5.11. The van der Waals surface area contributed by atoms with Crippen LogP contribution in [0.5, 0.6) is 5.75 Å². The number of ether oxygens (including phenoxy) is 1. The summed E-state index contributed by atoms with van der Waals surface area (Å²) in [4.78, 5) is 42.4. The number of phenolic OH excluding ortho intramolecular Hbond substituents is 1. The molecule has 0 saturated carbocycles. The smallest absolute Gasteiger partial charge is 0.408 e. The molecule has 2 unspecified atom stereocenters. The number of amides is 3. The molecule has 0 fully saturated rings. The lowest BCUT2D eigenvalue weighted by Crippen LogP contribution is -2.60. The molecule has 3 N–H and O–H groups in total. The van der Waals surface area contributed by atoms with Crippen molar-refractivity contribution in [3.05, 3.63) is 65.7 Å². The summed E-state index contributed by atoms with van der Waals surface area (Å²) in [5.41, 5.74) is -1.12. The number of rotatable bonds is 7. The molecule has 0 bridgehead atoms. The lowest BCUT2D eigenvalue weighted by molar-refractivity contribution is -0.149. The third-order valence-corrected chi connectivity index (χ3v) is 5.47. The maximum Gasteiger partial charge on any atom is 0.408 e. The largest absolute Gasteiger partial charge is 0.508 e. The van der Waals surface area contributed by atoms with E-state index in [1.807, 2.05) is 71.9 Å². The average Bonchev–Trinajstić information content (AvgIpc) is 2.74. The summed E-state index contributed by atoms with van der Waals surface area (Å²) in [6.45, 7) is 16.2. The number of hydrogen-bond acceptors (Lipinski definition) is 5. The first-order valence-electron chi connectivity index (χ1n) is 12.9. The van der Waals surface area contributed by atoms with Crippen molar-refractivity contribution in [1.29, 1.82) is 0 Å². The first kappa shape index (κ1) is 30.7. The van der Waals surface area contributed by atoms with Gasteiger partial charge in [0.25, 0.3) is 0 Å². The van der Waals surface area contributed by atoms with Crippen molar-refractivity contribution in [2.75, 3.05) is 0 Å². The van der Waals surface area contributed by atoms with Gasteiger partial charge in [0, 0.05) is 23.1 Å². The molecule has 0 aliphatic heterocycles. The second-order valence-corrected chi connectivity index (χ2v) is 12.5. The molecule has 38 heavy (non-hydrogen) atoms. The fraction of sp³-hybridized carbons (Fsp3) is 0.500. The Labute approximate surface area is 226 Å². The molecule has 8 heteroatoms. The molecular formula is C30H43N3O5. The van der Waals surface area contributed by atoms with Gasteiger partial charge >= 0.3 is 6.09 Å². The molecule has 2 aromatic rings. The van der Waals surface area contributed by atoms with E-state index in [0.717, 1.165) is 5.56 Å². The highest BCUT2D eigenvalue weighted by Gasteiger charge is 2.43. The number of aromatic hydroxyl groups is 1. The van der Waals surface area contributed by atoms with Crippen LogP contribution in [0.25, 0.3) is 0 Å². The molecule has 0 aliphatic rings. The number of carbonyl (C=O) groups excluding carboxylic acids is 3. The molecule has 2 aromatic carbocycles. The van der Waals surface area contributed by atoms with Crippen molar-refractivity contribution in [3.8, 4) is 5.75 Å². The van der Waals surface area contributed by atoms with Gasteiger partial charge in [-0.3, -0.25) is 9.59 Å². The van der Waals surface area contributed by atoms with Crippen LogP contribution >= 0.6 is 0 Å². The van der Waals surface area contributed by atoms with Crippen LogP contribution in [0.15, 0.2) is 54.6 Å². The van der Waals surface area contributed by atoms with Crippen LogP contribution in [0, 0.1) is 0 Å². The minimum atomic E-state index is -1.17. The Balaban J connectivity index is 2.64. The number of para-hydroxylation sites is 1. The van der Waals surface area contributed by atoms with Crippen molar-refractivity contribution < 1.29 is 24.2 Å². The van der Waals surface area contributed by atoms with E-state index < -0.39 is 46.7 Å². The summed E-state index contributed by atoms with van der Waals surface area (Å²) in [6, 6.07) is 13.6. The standard InChI is InChI=1S/C30H43N3O5/c1-28(2,3)32-25(35)24(21-17-13-14-18-23(21)34)33(29(4,5)6)26(36)22(19-20-15-11-10-12-16-20)31-27(37)38-30(7,8)9/h10-18,22,24,34H,19H2,1-9H3,(H,31,37)(H,32,35). The van der Waals surface area contributed by atoms with E-state index in [2.05, 4.69) is 10.6 Å². The number of nitrogens with one attached hydrogen (secondary N) is 2. The van der Waals surface area contributed by atoms with Crippen molar-refractivity contribution in [2.24, 2.45) is 0 Å². The fourth-order valence-corrected chi connectivity index (χ4v) is 4.07. The van der Waals surface area contributed by atoms with Gasteiger partial charge in [-0.05, 0) is 73.9 Å². The molecular weight excluding hydrogens is 482 g/mol. The van der Waals surface area contributed by atoms with Crippen molar-refractivity contribution in [3.63, 3.8) is 0 Å². The molecule has 208 valence electrons. The topological polar surface area (TPSA) is 108 Å².